The van der Waals surface area contributed by atoms with Gasteiger partial charge in [-0.3, -0.25) is 0 Å². The zero-order chi connectivity index (χ0) is 23.5. The predicted molar refractivity (Wildman–Crippen MR) is 124 cm³/mol. The minimum absolute atomic E-state index is 0.254. The molecule has 0 radical (unpaired) electrons. The van der Waals surface area contributed by atoms with Gasteiger partial charge in [0.05, 0.1) is 11.9 Å². The predicted octanol–water partition coefficient (Wildman–Crippen LogP) is 3.20. The summed E-state index contributed by atoms with van der Waals surface area (Å²) in [4.78, 5) is 37.1. The van der Waals surface area contributed by atoms with Gasteiger partial charge in [0.15, 0.2) is 0 Å². The smallest absolute Gasteiger partial charge is 0.410 e. The van der Waals surface area contributed by atoms with E-state index in [4.69, 9.17) is 9.47 Å². The van der Waals surface area contributed by atoms with Crippen molar-refractivity contribution in [2.75, 3.05) is 62.2 Å². The van der Waals surface area contributed by atoms with Crippen LogP contribution in [0.1, 0.15) is 41.5 Å². The third-order valence-corrected chi connectivity index (χ3v) is 5.28. The lowest BCUT2D eigenvalue weighted by molar-refractivity contribution is 0.0230. The maximum absolute atomic E-state index is 12.2. The molecular formula is C23H37N5O4. The van der Waals surface area contributed by atoms with Gasteiger partial charge in [0.1, 0.15) is 17.0 Å². The maximum atomic E-state index is 12.2. The van der Waals surface area contributed by atoms with E-state index in [9.17, 15) is 9.59 Å². The van der Waals surface area contributed by atoms with Gasteiger partial charge in [-0.2, -0.15) is 0 Å². The molecule has 2 amide bonds. The molecule has 2 saturated heterocycles. The highest BCUT2D eigenvalue weighted by molar-refractivity contribution is 5.69. The van der Waals surface area contributed by atoms with Gasteiger partial charge in [-0.05, 0) is 53.7 Å². The third-order valence-electron chi connectivity index (χ3n) is 5.28. The van der Waals surface area contributed by atoms with Crippen LogP contribution in [0.3, 0.4) is 0 Å². The van der Waals surface area contributed by atoms with Crippen LogP contribution in [0.25, 0.3) is 0 Å². The van der Waals surface area contributed by atoms with E-state index in [0.29, 0.717) is 26.2 Å². The van der Waals surface area contributed by atoms with Crippen LogP contribution in [0.4, 0.5) is 21.1 Å². The van der Waals surface area contributed by atoms with Gasteiger partial charge in [0.25, 0.3) is 0 Å². The van der Waals surface area contributed by atoms with Gasteiger partial charge in [-0.1, -0.05) is 0 Å². The first kappa shape index (κ1) is 23.9. The molecule has 0 saturated carbocycles. The van der Waals surface area contributed by atoms with Gasteiger partial charge in [0.2, 0.25) is 0 Å². The molecule has 0 unspecified atom stereocenters. The normalized spacial score (nSPS) is 17.9. The fraction of sp³-hybridized carbons (Fsp3) is 0.696. The van der Waals surface area contributed by atoms with E-state index < -0.39 is 11.2 Å². The van der Waals surface area contributed by atoms with Crippen LogP contribution < -0.4 is 9.80 Å². The van der Waals surface area contributed by atoms with Crippen LogP contribution >= 0.6 is 0 Å². The Hall–Kier alpha value is -2.71. The summed E-state index contributed by atoms with van der Waals surface area (Å²) in [5.74, 6) is 0.907. The second kappa shape index (κ2) is 9.42. The third kappa shape index (κ3) is 6.64. The van der Waals surface area contributed by atoms with E-state index in [2.05, 4.69) is 20.9 Å². The second-order valence-corrected chi connectivity index (χ2v) is 10.3. The second-order valence-electron chi connectivity index (χ2n) is 10.3. The summed E-state index contributed by atoms with van der Waals surface area (Å²) >= 11 is 0. The van der Waals surface area contributed by atoms with Crippen molar-refractivity contribution < 1.29 is 19.1 Å². The van der Waals surface area contributed by atoms with Crippen LogP contribution in [-0.2, 0) is 9.47 Å². The Morgan fingerprint density at radius 1 is 0.719 bits per heavy atom. The average molecular weight is 448 g/mol. The molecule has 0 N–H and O–H groups in total. The Kier molecular flexibility index (Phi) is 7.05. The van der Waals surface area contributed by atoms with Crippen LogP contribution in [0, 0.1) is 0 Å². The molecule has 0 bridgehead atoms. The monoisotopic (exact) mass is 447 g/mol. The number of carbonyl (C=O) groups is 2. The van der Waals surface area contributed by atoms with Crippen molar-refractivity contribution in [1.82, 2.24) is 14.8 Å². The summed E-state index contributed by atoms with van der Waals surface area (Å²) in [6.07, 6.45) is 1.38. The largest absolute Gasteiger partial charge is 0.444 e. The minimum Gasteiger partial charge on any atom is -0.444 e. The van der Waals surface area contributed by atoms with E-state index in [1.54, 1.807) is 9.80 Å². The first-order valence-corrected chi connectivity index (χ1v) is 11.3. The fourth-order valence-corrected chi connectivity index (χ4v) is 3.67. The van der Waals surface area contributed by atoms with E-state index in [0.717, 1.165) is 37.7 Å². The minimum atomic E-state index is -0.482. The van der Waals surface area contributed by atoms with Crippen LogP contribution in [-0.4, -0.2) is 90.5 Å². The van der Waals surface area contributed by atoms with Gasteiger partial charge in [-0.15, -0.1) is 0 Å². The van der Waals surface area contributed by atoms with E-state index in [1.807, 2.05) is 53.8 Å². The van der Waals surface area contributed by atoms with Gasteiger partial charge in [-0.25, -0.2) is 14.6 Å². The lowest BCUT2D eigenvalue weighted by atomic mass is 10.2. The number of rotatable bonds is 2. The van der Waals surface area contributed by atoms with Crippen LogP contribution in [0.5, 0.6) is 0 Å². The number of pyridine rings is 1. The molecule has 32 heavy (non-hydrogen) atoms. The number of carbonyl (C=O) groups excluding carboxylic acids is 2. The number of anilines is 2. The molecule has 3 heterocycles. The summed E-state index contributed by atoms with van der Waals surface area (Å²) in [7, 11) is 0. The molecule has 2 aliphatic heterocycles. The highest BCUT2D eigenvalue weighted by Crippen LogP contribution is 2.21. The summed E-state index contributed by atoms with van der Waals surface area (Å²) in [5.41, 5.74) is 0.0843. The molecule has 9 heteroatoms. The Bertz CT molecular complexity index is 717. The molecule has 178 valence electrons. The molecule has 0 spiro atoms. The van der Waals surface area contributed by atoms with Crippen molar-refractivity contribution in [3.63, 3.8) is 0 Å². The molecular weight excluding hydrogens is 410 g/mol. The van der Waals surface area contributed by atoms with Crippen LogP contribution in [0.15, 0.2) is 18.3 Å². The number of aromatic nitrogens is 1. The quantitative estimate of drug-likeness (QED) is 0.689. The first-order valence-electron chi connectivity index (χ1n) is 11.3. The van der Waals surface area contributed by atoms with Crippen molar-refractivity contribution in [3.8, 4) is 0 Å². The van der Waals surface area contributed by atoms with E-state index >= 15 is 0 Å². The van der Waals surface area contributed by atoms with Crippen molar-refractivity contribution >= 4 is 23.7 Å². The maximum Gasteiger partial charge on any atom is 0.410 e. The number of nitrogens with zero attached hydrogens (tertiary/aromatic N) is 5. The van der Waals surface area contributed by atoms with Crippen molar-refractivity contribution in [1.29, 1.82) is 0 Å². The molecule has 9 nitrogen and oxygen atoms in total. The molecule has 1 aromatic heterocycles. The Morgan fingerprint density at radius 3 is 1.53 bits per heavy atom. The summed E-state index contributed by atoms with van der Waals surface area (Å²) < 4.78 is 10.9. The zero-order valence-corrected chi connectivity index (χ0v) is 20.3. The number of amides is 2. The highest BCUT2D eigenvalue weighted by Gasteiger charge is 2.28. The van der Waals surface area contributed by atoms with Gasteiger partial charge < -0.3 is 29.1 Å². The lowest BCUT2D eigenvalue weighted by Gasteiger charge is -2.37. The van der Waals surface area contributed by atoms with Crippen molar-refractivity contribution in [3.05, 3.63) is 18.3 Å². The molecule has 0 atom stereocenters. The highest BCUT2D eigenvalue weighted by atomic mass is 16.6. The number of piperazine rings is 2. The van der Waals surface area contributed by atoms with E-state index in [-0.39, 0.29) is 12.2 Å². The van der Waals surface area contributed by atoms with Crippen LogP contribution in [0.2, 0.25) is 0 Å². The standard InChI is InChI=1S/C23H37N5O4/c1-22(2,3)31-20(29)27-13-9-25(10-14-27)18-7-8-19(24-17-18)26-11-15-28(16-12-26)21(30)32-23(4,5)6/h7-8,17H,9-16H2,1-6H3. The zero-order valence-electron chi connectivity index (χ0n) is 20.3. The van der Waals surface area contributed by atoms with E-state index in [1.165, 1.54) is 0 Å². The average Bonchev–Trinajstić information content (AvgIpc) is 2.72. The molecule has 0 aliphatic carbocycles. The lowest BCUT2D eigenvalue weighted by Crippen LogP contribution is -2.50. The van der Waals surface area contributed by atoms with Crippen molar-refractivity contribution in [2.24, 2.45) is 0 Å². The molecule has 2 aliphatic rings. The number of hydrogen-bond acceptors (Lipinski definition) is 7. The Labute approximate surface area is 191 Å². The summed E-state index contributed by atoms with van der Waals surface area (Å²) in [6, 6.07) is 4.10. The Morgan fingerprint density at radius 2 is 1.16 bits per heavy atom. The van der Waals surface area contributed by atoms with Gasteiger partial charge >= 0.3 is 12.2 Å². The molecule has 3 rings (SSSR count). The topological polar surface area (TPSA) is 78.5 Å². The molecule has 2 fully saturated rings. The molecule has 1 aromatic rings. The Balaban J connectivity index is 1.48. The number of ether oxygens (including phenoxy) is 2. The SMILES string of the molecule is CC(C)(C)OC(=O)N1CCN(c2ccc(N3CCN(C(=O)OC(C)(C)C)CC3)nc2)CC1. The summed E-state index contributed by atoms with van der Waals surface area (Å²) in [5, 5.41) is 0. The van der Waals surface area contributed by atoms with Crippen molar-refractivity contribution in [2.45, 2.75) is 52.7 Å². The van der Waals surface area contributed by atoms with Gasteiger partial charge in [0, 0.05) is 52.4 Å². The fourth-order valence-electron chi connectivity index (χ4n) is 3.67. The number of hydrogen-bond donors (Lipinski definition) is 0. The summed E-state index contributed by atoms with van der Waals surface area (Å²) in [6.45, 7) is 16.7. The molecule has 0 aromatic carbocycles. The first-order chi connectivity index (χ1) is 14.9.